The Morgan fingerprint density at radius 2 is 1.92 bits per heavy atom. The highest BCUT2D eigenvalue weighted by Gasteiger charge is 2.22. The van der Waals surface area contributed by atoms with Crippen LogP contribution in [0.1, 0.15) is 16.8 Å². The van der Waals surface area contributed by atoms with Crippen LogP contribution in [0.4, 0.5) is 4.39 Å². The Morgan fingerprint density at radius 1 is 1.28 bits per heavy atom. The highest BCUT2D eigenvalue weighted by molar-refractivity contribution is 7.89. The molecular weight excluding hydrogens is 353 g/mol. The zero-order chi connectivity index (χ0) is 19.2. The van der Waals surface area contributed by atoms with Crippen LogP contribution in [0, 0.1) is 17.1 Å². The van der Waals surface area contributed by atoms with Gasteiger partial charge in [0, 0.05) is 27.7 Å². The SMILES string of the molecule is CN(CCC#N)C(=O)COC(=O)c1cc(S(=O)(=O)N(C)C)ccc1F. The number of likely N-dealkylation sites (N-methyl/N-ethyl adjacent to an activating group) is 1. The molecule has 0 unspecified atom stereocenters. The molecule has 0 heterocycles. The number of hydrogen-bond donors (Lipinski definition) is 0. The smallest absolute Gasteiger partial charge is 0.341 e. The number of carbonyl (C=O) groups is 2. The first kappa shape index (κ1) is 20.5. The number of ether oxygens (including phenoxy) is 1. The molecule has 1 aromatic carbocycles. The van der Waals surface area contributed by atoms with Gasteiger partial charge in [0.25, 0.3) is 5.91 Å². The molecule has 0 atom stereocenters. The van der Waals surface area contributed by atoms with Crippen LogP contribution in [0.3, 0.4) is 0 Å². The van der Waals surface area contributed by atoms with E-state index in [9.17, 15) is 22.4 Å². The Kier molecular flexibility index (Phi) is 7.02. The van der Waals surface area contributed by atoms with Gasteiger partial charge in [0.2, 0.25) is 10.0 Å². The van der Waals surface area contributed by atoms with Gasteiger partial charge in [0.15, 0.2) is 6.61 Å². The Hall–Kier alpha value is -2.51. The summed E-state index contributed by atoms with van der Waals surface area (Å²) in [5.41, 5.74) is -0.588. The van der Waals surface area contributed by atoms with E-state index in [2.05, 4.69) is 0 Å². The molecule has 0 bridgehead atoms. The summed E-state index contributed by atoms with van der Waals surface area (Å²) < 4.78 is 43.6. The van der Waals surface area contributed by atoms with Crippen LogP contribution in [0.5, 0.6) is 0 Å². The lowest BCUT2D eigenvalue weighted by molar-refractivity contribution is -0.133. The second-order valence-electron chi connectivity index (χ2n) is 5.23. The molecule has 0 aliphatic carbocycles. The molecule has 136 valence electrons. The van der Waals surface area contributed by atoms with Crippen LogP contribution in [0.15, 0.2) is 23.1 Å². The Balaban J connectivity index is 2.89. The van der Waals surface area contributed by atoms with Crippen LogP contribution in [0.2, 0.25) is 0 Å². The molecule has 10 heteroatoms. The summed E-state index contributed by atoms with van der Waals surface area (Å²) in [6, 6.07) is 4.60. The van der Waals surface area contributed by atoms with Gasteiger partial charge in [0.05, 0.1) is 22.9 Å². The zero-order valence-corrected chi connectivity index (χ0v) is 14.8. The lowest BCUT2D eigenvalue weighted by Crippen LogP contribution is -2.32. The molecule has 0 aromatic heterocycles. The number of carbonyl (C=O) groups excluding carboxylic acids is 2. The number of sulfonamides is 1. The van der Waals surface area contributed by atoms with Gasteiger partial charge in [-0.2, -0.15) is 5.26 Å². The van der Waals surface area contributed by atoms with Gasteiger partial charge in [-0.3, -0.25) is 4.79 Å². The molecule has 0 radical (unpaired) electrons. The van der Waals surface area contributed by atoms with Crippen molar-refractivity contribution >= 4 is 21.9 Å². The number of amides is 1. The first-order valence-corrected chi connectivity index (χ1v) is 8.55. The standard InChI is InChI=1S/C15H18FN3O5S/c1-18(2)25(22,23)11-5-6-13(16)12(9-11)15(21)24-10-14(20)19(3)8-4-7-17/h5-6,9H,4,8,10H2,1-3H3. The van der Waals surface area contributed by atoms with Crippen molar-refractivity contribution in [2.75, 3.05) is 34.3 Å². The molecule has 0 N–H and O–H groups in total. The molecule has 0 aliphatic heterocycles. The highest BCUT2D eigenvalue weighted by atomic mass is 32.2. The predicted octanol–water partition coefficient (Wildman–Crippen LogP) is 0.605. The maximum atomic E-state index is 13.8. The van der Waals surface area contributed by atoms with E-state index in [4.69, 9.17) is 10.00 Å². The fraction of sp³-hybridized carbons (Fsp3) is 0.400. The highest BCUT2D eigenvalue weighted by Crippen LogP contribution is 2.18. The average molecular weight is 371 g/mol. The molecule has 1 amide bonds. The third-order valence-corrected chi connectivity index (χ3v) is 5.06. The van der Waals surface area contributed by atoms with Crippen molar-refractivity contribution in [1.82, 2.24) is 9.21 Å². The number of benzene rings is 1. The minimum absolute atomic E-state index is 0.120. The summed E-state index contributed by atoms with van der Waals surface area (Å²) in [6.45, 7) is -0.483. The number of rotatable bonds is 7. The van der Waals surface area contributed by atoms with Crippen molar-refractivity contribution < 1.29 is 27.1 Å². The van der Waals surface area contributed by atoms with Crippen molar-refractivity contribution in [2.45, 2.75) is 11.3 Å². The van der Waals surface area contributed by atoms with Gasteiger partial charge < -0.3 is 9.64 Å². The second kappa shape index (κ2) is 8.55. The van der Waals surface area contributed by atoms with Crippen molar-refractivity contribution in [3.8, 4) is 6.07 Å². The van der Waals surface area contributed by atoms with Gasteiger partial charge in [-0.25, -0.2) is 21.9 Å². The number of halogens is 1. The van der Waals surface area contributed by atoms with Gasteiger partial charge in [0.1, 0.15) is 5.82 Å². The largest absolute Gasteiger partial charge is 0.452 e. The molecular formula is C15H18FN3O5S. The van der Waals surface area contributed by atoms with Crippen molar-refractivity contribution in [3.63, 3.8) is 0 Å². The van der Waals surface area contributed by atoms with Gasteiger partial charge in [-0.15, -0.1) is 0 Å². The molecule has 0 saturated heterocycles. The fourth-order valence-corrected chi connectivity index (χ4v) is 2.62. The summed E-state index contributed by atoms with van der Waals surface area (Å²) in [4.78, 5) is 24.6. The Morgan fingerprint density at radius 3 is 2.48 bits per heavy atom. The minimum atomic E-state index is -3.85. The van der Waals surface area contributed by atoms with Gasteiger partial charge in [-0.05, 0) is 18.2 Å². The van der Waals surface area contributed by atoms with Crippen LogP contribution in [-0.2, 0) is 19.6 Å². The summed E-state index contributed by atoms with van der Waals surface area (Å²) in [7, 11) is 0.173. The minimum Gasteiger partial charge on any atom is -0.452 e. The molecule has 1 aromatic rings. The van der Waals surface area contributed by atoms with E-state index in [1.54, 1.807) is 0 Å². The van der Waals surface area contributed by atoms with Crippen LogP contribution < -0.4 is 0 Å². The second-order valence-corrected chi connectivity index (χ2v) is 7.38. The van der Waals surface area contributed by atoms with Gasteiger partial charge >= 0.3 is 5.97 Å². The molecule has 8 nitrogen and oxygen atoms in total. The summed E-state index contributed by atoms with van der Waals surface area (Å²) in [6.07, 6.45) is 0.120. The number of nitrogens with zero attached hydrogens (tertiary/aromatic N) is 3. The molecule has 0 spiro atoms. The topological polar surface area (TPSA) is 108 Å². The summed E-state index contributed by atoms with van der Waals surface area (Å²) in [5.74, 6) is -2.69. The van der Waals surface area contributed by atoms with Crippen molar-refractivity contribution in [3.05, 3.63) is 29.6 Å². The van der Waals surface area contributed by atoms with Gasteiger partial charge in [-0.1, -0.05) is 0 Å². The van der Waals surface area contributed by atoms with Crippen molar-refractivity contribution in [2.24, 2.45) is 0 Å². The quantitative estimate of drug-likeness (QED) is 0.650. The van der Waals surface area contributed by atoms with E-state index >= 15 is 0 Å². The van der Waals surface area contributed by atoms with Crippen molar-refractivity contribution in [1.29, 1.82) is 5.26 Å². The maximum absolute atomic E-state index is 13.8. The molecule has 25 heavy (non-hydrogen) atoms. The van der Waals surface area contributed by atoms with E-state index in [0.29, 0.717) is 0 Å². The van der Waals surface area contributed by atoms with Crippen LogP contribution in [0.25, 0.3) is 0 Å². The average Bonchev–Trinajstić information content (AvgIpc) is 2.57. The van der Waals surface area contributed by atoms with E-state index in [0.717, 1.165) is 22.5 Å². The number of esters is 1. The summed E-state index contributed by atoms with van der Waals surface area (Å²) in [5, 5.41) is 8.46. The number of hydrogen-bond acceptors (Lipinski definition) is 6. The maximum Gasteiger partial charge on any atom is 0.341 e. The van der Waals surface area contributed by atoms with Crippen LogP contribution in [-0.4, -0.2) is 63.8 Å². The lowest BCUT2D eigenvalue weighted by Gasteiger charge is -2.15. The first-order valence-electron chi connectivity index (χ1n) is 7.11. The van der Waals surface area contributed by atoms with E-state index < -0.39 is 39.9 Å². The summed E-state index contributed by atoms with van der Waals surface area (Å²) >= 11 is 0. The Labute approximate surface area is 145 Å². The third-order valence-electron chi connectivity index (χ3n) is 3.25. The predicted molar refractivity (Wildman–Crippen MR) is 85.4 cm³/mol. The van der Waals surface area contributed by atoms with E-state index in [-0.39, 0.29) is 17.9 Å². The lowest BCUT2D eigenvalue weighted by atomic mass is 10.2. The zero-order valence-electron chi connectivity index (χ0n) is 14.0. The molecule has 0 fully saturated rings. The molecule has 0 saturated carbocycles. The fourth-order valence-electron chi connectivity index (χ4n) is 1.69. The molecule has 0 aliphatic rings. The number of nitriles is 1. The normalized spacial score (nSPS) is 11.0. The third kappa shape index (κ3) is 5.23. The first-order chi connectivity index (χ1) is 11.6. The monoisotopic (exact) mass is 371 g/mol. The van der Waals surface area contributed by atoms with E-state index in [1.165, 1.54) is 26.0 Å². The molecule has 1 rings (SSSR count). The van der Waals surface area contributed by atoms with E-state index in [1.807, 2.05) is 6.07 Å². The Bertz CT molecular complexity index is 802. The van der Waals surface area contributed by atoms with Crippen LogP contribution >= 0.6 is 0 Å².